The molecule has 2 unspecified atom stereocenters. The lowest BCUT2D eigenvalue weighted by atomic mass is 10.1. The predicted octanol–water partition coefficient (Wildman–Crippen LogP) is 3.34. The van der Waals surface area contributed by atoms with Gasteiger partial charge in [-0.1, -0.05) is 23.7 Å². The van der Waals surface area contributed by atoms with Crippen molar-refractivity contribution in [2.45, 2.75) is 32.4 Å². The summed E-state index contributed by atoms with van der Waals surface area (Å²) >= 11 is 5.87. The number of rotatable bonds is 5. The van der Waals surface area contributed by atoms with Gasteiger partial charge in [-0.3, -0.25) is 5.10 Å². The van der Waals surface area contributed by atoms with Crippen molar-refractivity contribution in [3.63, 3.8) is 0 Å². The van der Waals surface area contributed by atoms with Gasteiger partial charge < -0.3 is 5.32 Å². The monoisotopic (exact) mass is 263 g/mol. The second-order valence-corrected chi connectivity index (χ2v) is 5.09. The number of hydrogen-bond acceptors (Lipinski definition) is 2. The van der Waals surface area contributed by atoms with Crippen LogP contribution in [0.4, 0.5) is 0 Å². The van der Waals surface area contributed by atoms with Crippen molar-refractivity contribution in [3.05, 3.63) is 52.8 Å². The highest BCUT2D eigenvalue weighted by Gasteiger charge is 2.10. The van der Waals surface area contributed by atoms with Crippen molar-refractivity contribution in [2.24, 2.45) is 0 Å². The van der Waals surface area contributed by atoms with E-state index in [4.69, 9.17) is 11.6 Å². The molecule has 2 aromatic rings. The summed E-state index contributed by atoms with van der Waals surface area (Å²) in [7, 11) is 0. The van der Waals surface area contributed by atoms with E-state index in [2.05, 4.69) is 41.5 Å². The molecule has 0 radical (unpaired) electrons. The molecule has 0 saturated heterocycles. The SMILES string of the molecule is CC(Cc1ccc(Cl)cc1)NC(C)c1cn[nH]c1. The zero-order valence-electron chi connectivity index (χ0n) is 10.7. The third-order valence-electron chi connectivity index (χ3n) is 3.01. The molecule has 18 heavy (non-hydrogen) atoms. The smallest absolute Gasteiger partial charge is 0.0534 e. The topological polar surface area (TPSA) is 40.7 Å². The molecule has 2 atom stereocenters. The van der Waals surface area contributed by atoms with Crippen LogP contribution in [0.25, 0.3) is 0 Å². The number of nitrogens with zero attached hydrogens (tertiary/aromatic N) is 1. The fraction of sp³-hybridized carbons (Fsp3) is 0.357. The van der Waals surface area contributed by atoms with Gasteiger partial charge in [-0.25, -0.2) is 0 Å². The fourth-order valence-electron chi connectivity index (χ4n) is 2.05. The van der Waals surface area contributed by atoms with Gasteiger partial charge >= 0.3 is 0 Å². The Kier molecular flexibility index (Phi) is 4.39. The van der Waals surface area contributed by atoms with Gasteiger partial charge in [-0.05, 0) is 38.0 Å². The van der Waals surface area contributed by atoms with Crippen LogP contribution in [0.1, 0.15) is 31.0 Å². The van der Waals surface area contributed by atoms with Gasteiger partial charge in [0.25, 0.3) is 0 Å². The van der Waals surface area contributed by atoms with E-state index in [1.54, 1.807) is 0 Å². The third-order valence-corrected chi connectivity index (χ3v) is 3.26. The first-order valence-corrected chi connectivity index (χ1v) is 6.52. The molecule has 4 heteroatoms. The zero-order valence-corrected chi connectivity index (χ0v) is 11.4. The number of aromatic nitrogens is 2. The first kappa shape index (κ1) is 13.1. The van der Waals surface area contributed by atoms with Crippen molar-refractivity contribution in [2.75, 3.05) is 0 Å². The van der Waals surface area contributed by atoms with Gasteiger partial charge in [0.2, 0.25) is 0 Å². The molecule has 1 aromatic carbocycles. The first-order valence-electron chi connectivity index (χ1n) is 6.14. The van der Waals surface area contributed by atoms with E-state index in [-0.39, 0.29) is 0 Å². The predicted molar refractivity (Wildman–Crippen MR) is 74.8 cm³/mol. The Hall–Kier alpha value is -1.32. The van der Waals surface area contributed by atoms with Crippen LogP contribution in [0, 0.1) is 0 Å². The number of halogens is 1. The summed E-state index contributed by atoms with van der Waals surface area (Å²) in [6.45, 7) is 4.33. The van der Waals surface area contributed by atoms with Crippen LogP contribution in [0.3, 0.4) is 0 Å². The molecule has 1 heterocycles. The van der Waals surface area contributed by atoms with Gasteiger partial charge in [-0.15, -0.1) is 0 Å². The zero-order chi connectivity index (χ0) is 13.0. The van der Waals surface area contributed by atoms with E-state index in [0.717, 1.165) is 11.4 Å². The normalized spacial score (nSPS) is 14.4. The fourth-order valence-corrected chi connectivity index (χ4v) is 2.18. The standard InChI is InChI=1S/C14H18ClN3/c1-10(7-12-3-5-14(15)6-4-12)18-11(2)13-8-16-17-9-13/h3-6,8-11,18H,7H2,1-2H3,(H,16,17). The van der Waals surface area contributed by atoms with Crippen LogP contribution in [0.5, 0.6) is 0 Å². The van der Waals surface area contributed by atoms with Crippen molar-refractivity contribution >= 4 is 11.6 Å². The molecule has 0 fully saturated rings. The van der Waals surface area contributed by atoms with E-state index in [1.165, 1.54) is 11.1 Å². The molecule has 3 nitrogen and oxygen atoms in total. The quantitative estimate of drug-likeness (QED) is 0.869. The lowest BCUT2D eigenvalue weighted by Crippen LogP contribution is -2.30. The van der Waals surface area contributed by atoms with E-state index in [0.29, 0.717) is 12.1 Å². The van der Waals surface area contributed by atoms with Gasteiger partial charge in [0.05, 0.1) is 6.20 Å². The van der Waals surface area contributed by atoms with Crippen LogP contribution in [0.2, 0.25) is 5.02 Å². The van der Waals surface area contributed by atoms with Gasteiger partial charge in [-0.2, -0.15) is 5.10 Å². The summed E-state index contributed by atoms with van der Waals surface area (Å²) in [5.41, 5.74) is 2.47. The van der Waals surface area contributed by atoms with Crippen molar-refractivity contribution in [1.82, 2.24) is 15.5 Å². The maximum absolute atomic E-state index is 5.87. The molecule has 0 amide bonds. The molecule has 1 aromatic heterocycles. The average Bonchev–Trinajstić information content (AvgIpc) is 2.85. The average molecular weight is 264 g/mol. The highest BCUT2D eigenvalue weighted by Crippen LogP contribution is 2.14. The number of benzene rings is 1. The molecule has 96 valence electrons. The van der Waals surface area contributed by atoms with E-state index < -0.39 is 0 Å². The minimum atomic E-state index is 0.297. The van der Waals surface area contributed by atoms with Gasteiger partial charge in [0, 0.05) is 28.9 Å². The maximum atomic E-state index is 5.87. The highest BCUT2D eigenvalue weighted by atomic mass is 35.5. The Balaban J connectivity index is 1.88. The molecule has 0 spiro atoms. The molecular weight excluding hydrogens is 246 g/mol. The summed E-state index contributed by atoms with van der Waals surface area (Å²) in [6.07, 6.45) is 4.76. The number of nitrogens with one attached hydrogen (secondary N) is 2. The van der Waals surface area contributed by atoms with E-state index in [9.17, 15) is 0 Å². The Morgan fingerprint density at radius 3 is 2.61 bits per heavy atom. The molecule has 0 aliphatic rings. The summed E-state index contributed by atoms with van der Waals surface area (Å²) in [5, 5.41) is 11.1. The second-order valence-electron chi connectivity index (χ2n) is 4.65. The van der Waals surface area contributed by atoms with Crippen LogP contribution in [0.15, 0.2) is 36.7 Å². The summed E-state index contributed by atoms with van der Waals surface area (Å²) < 4.78 is 0. The van der Waals surface area contributed by atoms with E-state index in [1.807, 2.05) is 24.5 Å². The van der Waals surface area contributed by atoms with Crippen molar-refractivity contribution in [1.29, 1.82) is 0 Å². The van der Waals surface area contributed by atoms with Crippen LogP contribution >= 0.6 is 11.6 Å². The number of aromatic amines is 1. The maximum Gasteiger partial charge on any atom is 0.0534 e. The minimum absolute atomic E-state index is 0.297. The van der Waals surface area contributed by atoms with Crippen LogP contribution in [-0.4, -0.2) is 16.2 Å². The van der Waals surface area contributed by atoms with Crippen molar-refractivity contribution in [3.8, 4) is 0 Å². The summed E-state index contributed by atoms with van der Waals surface area (Å²) in [6, 6.07) is 8.71. The number of H-pyrrole nitrogens is 1. The number of hydrogen-bond donors (Lipinski definition) is 2. The second kappa shape index (κ2) is 6.03. The Morgan fingerprint density at radius 1 is 1.28 bits per heavy atom. The largest absolute Gasteiger partial charge is 0.307 e. The molecule has 0 saturated carbocycles. The Morgan fingerprint density at radius 2 is 2.00 bits per heavy atom. The molecule has 2 rings (SSSR count). The summed E-state index contributed by atoms with van der Waals surface area (Å²) in [4.78, 5) is 0. The van der Waals surface area contributed by atoms with E-state index >= 15 is 0 Å². The summed E-state index contributed by atoms with van der Waals surface area (Å²) in [5.74, 6) is 0. The minimum Gasteiger partial charge on any atom is -0.307 e. The molecular formula is C14H18ClN3. The first-order chi connectivity index (χ1) is 8.65. The van der Waals surface area contributed by atoms with Crippen LogP contribution < -0.4 is 5.32 Å². The Bertz CT molecular complexity index is 464. The Labute approximate surface area is 113 Å². The lowest BCUT2D eigenvalue weighted by Gasteiger charge is -2.19. The highest BCUT2D eigenvalue weighted by molar-refractivity contribution is 6.30. The van der Waals surface area contributed by atoms with Gasteiger partial charge in [0.1, 0.15) is 0 Å². The van der Waals surface area contributed by atoms with Crippen molar-refractivity contribution < 1.29 is 0 Å². The molecule has 0 aliphatic heterocycles. The molecule has 0 bridgehead atoms. The lowest BCUT2D eigenvalue weighted by molar-refractivity contribution is 0.477. The third kappa shape index (κ3) is 3.59. The molecule has 0 aliphatic carbocycles. The van der Waals surface area contributed by atoms with Gasteiger partial charge in [0.15, 0.2) is 0 Å². The van der Waals surface area contributed by atoms with Crippen LogP contribution in [-0.2, 0) is 6.42 Å². The molecule has 2 N–H and O–H groups in total.